The zero-order valence-corrected chi connectivity index (χ0v) is 11.4. The van der Waals surface area contributed by atoms with Gasteiger partial charge in [0.2, 0.25) is 5.60 Å². The second-order valence-electron chi connectivity index (χ2n) is 4.25. The molecule has 1 heterocycles. The first-order chi connectivity index (χ1) is 10.0. The van der Waals surface area contributed by atoms with Crippen molar-refractivity contribution in [2.75, 3.05) is 12.4 Å². The van der Waals surface area contributed by atoms with Gasteiger partial charge in [-0.2, -0.15) is 18.4 Å². The maximum absolute atomic E-state index is 12.7. The molecule has 1 aromatic heterocycles. The molecular weight excluding hydrogens is 307 g/mol. The Morgan fingerprint density at radius 3 is 2.50 bits per heavy atom. The fourth-order valence-corrected chi connectivity index (χ4v) is 1.38. The number of carbonyl (C=O) groups is 2. The van der Waals surface area contributed by atoms with Gasteiger partial charge < -0.3 is 15.2 Å². The molecule has 1 aromatic rings. The Hall–Kier alpha value is -2.67. The van der Waals surface area contributed by atoms with Crippen LogP contribution in [0.4, 0.5) is 18.9 Å². The van der Waals surface area contributed by atoms with E-state index >= 15 is 0 Å². The molecule has 1 atom stereocenters. The first-order valence-corrected chi connectivity index (χ1v) is 5.63. The van der Waals surface area contributed by atoms with Gasteiger partial charge in [0.05, 0.1) is 24.6 Å². The summed E-state index contributed by atoms with van der Waals surface area (Å²) in [6, 6.07) is 1.74. The van der Waals surface area contributed by atoms with Gasteiger partial charge >= 0.3 is 12.1 Å². The van der Waals surface area contributed by atoms with Crippen molar-refractivity contribution in [1.82, 2.24) is 4.98 Å². The molecular formula is C12H10F3N3O4. The third kappa shape index (κ3) is 3.50. The van der Waals surface area contributed by atoms with Crippen LogP contribution < -0.4 is 5.32 Å². The van der Waals surface area contributed by atoms with Gasteiger partial charge in [0, 0.05) is 0 Å². The van der Waals surface area contributed by atoms with Crippen LogP contribution in [-0.4, -0.2) is 34.7 Å². The Kier molecular flexibility index (Phi) is 4.73. The highest BCUT2D eigenvalue weighted by Crippen LogP contribution is 2.32. The van der Waals surface area contributed by atoms with E-state index in [1.807, 2.05) is 5.32 Å². The van der Waals surface area contributed by atoms with Crippen LogP contribution in [0.1, 0.15) is 18.2 Å². The maximum atomic E-state index is 12.7. The quantitative estimate of drug-likeness (QED) is 0.631. The number of hydrogen-bond donors (Lipinski definition) is 2. The number of alkyl halides is 3. The number of pyridine rings is 1. The molecule has 0 spiro atoms. The van der Waals surface area contributed by atoms with E-state index in [1.165, 1.54) is 6.07 Å². The van der Waals surface area contributed by atoms with Gasteiger partial charge in [0.15, 0.2) is 5.69 Å². The molecule has 0 bridgehead atoms. The zero-order valence-electron chi connectivity index (χ0n) is 11.4. The van der Waals surface area contributed by atoms with Crippen molar-refractivity contribution in [2.45, 2.75) is 18.7 Å². The van der Waals surface area contributed by atoms with Crippen molar-refractivity contribution in [3.05, 3.63) is 23.5 Å². The summed E-state index contributed by atoms with van der Waals surface area (Å²) in [6.45, 7) is 0.815. The van der Waals surface area contributed by atoms with E-state index in [1.54, 1.807) is 0 Å². The Bertz CT molecular complexity index is 650. The van der Waals surface area contributed by atoms with Crippen molar-refractivity contribution >= 4 is 17.6 Å². The average molecular weight is 317 g/mol. The number of nitrogens with one attached hydrogen (secondary N) is 1. The molecule has 22 heavy (non-hydrogen) atoms. The number of aromatic nitrogens is 1. The summed E-state index contributed by atoms with van der Waals surface area (Å²) in [4.78, 5) is 26.2. The van der Waals surface area contributed by atoms with E-state index in [4.69, 9.17) is 5.26 Å². The molecule has 7 nitrogen and oxygen atoms in total. The lowest BCUT2D eigenvalue weighted by Gasteiger charge is -2.19. The van der Waals surface area contributed by atoms with Crippen molar-refractivity contribution < 1.29 is 32.6 Å². The van der Waals surface area contributed by atoms with Gasteiger partial charge in [-0.05, 0) is 13.0 Å². The number of nitriles is 1. The fourth-order valence-electron chi connectivity index (χ4n) is 1.38. The minimum absolute atomic E-state index is 0.444. The topological polar surface area (TPSA) is 112 Å². The van der Waals surface area contributed by atoms with E-state index in [2.05, 4.69) is 9.72 Å². The number of hydrogen-bond acceptors (Lipinski definition) is 6. The summed E-state index contributed by atoms with van der Waals surface area (Å²) >= 11 is 0. The SMILES string of the molecule is COC(=O)C(C)(O)C(=O)Nc1cnc(C#N)c(C(F)(F)F)c1. The lowest BCUT2D eigenvalue weighted by atomic mass is 10.1. The molecule has 0 saturated carbocycles. The Labute approximate surface area is 122 Å². The molecule has 0 aliphatic rings. The summed E-state index contributed by atoms with van der Waals surface area (Å²) < 4.78 is 42.4. The number of amides is 1. The third-order valence-corrected chi connectivity index (χ3v) is 2.58. The number of nitrogens with zero attached hydrogens (tertiary/aromatic N) is 2. The fraction of sp³-hybridized carbons (Fsp3) is 0.333. The van der Waals surface area contributed by atoms with Gasteiger partial charge in [-0.1, -0.05) is 0 Å². The van der Waals surface area contributed by atoms with Crippen LogP contribution in [0.2, 0.25) is 0 Å². The lowest BCUT2D eigenvalue weighted by molar-refractivity contribution is -0.165. The summed E-state index contributed by atoms with van der Waals surface area (Å²) in [5.41, 5.74) is -5.27. The molecule has 0 radical (unpaired) electrons. The molecule has 2 N–H and O–H groups in total. The monoisotopic (exact) mass is 317 g/mol. The molecule has 0 aliphatic carbocycles. The van der Waals surface area contributed by atoms with Crippen LogP contribution in [0.25, 0.3) is 0 Å². The molecule has 1 rings (SSSR count). The van der Waals surface area contributed by atoms with Crippen molar-refractivity contribution in [1.29, 1.82) is 5.26 Å². The van der Waals surface area contributed by atoms with Crippen LogP contribution in [0, 0.1) is 11.3 Å². The minimum atomic E-state index is -4.86. The molecule has 118 valence electrons. The zero-order chi connectivity index (χ0) is 17.1. The van der Waals surface area contributed by atoms with Crippen molar-refractivity contribution in [3.63, 3.8) is 0 Å². The number of halogens is 3. The molecule has 0 saturated heterocycles. The van der Waals surface area contributed by atoms with Crippen molar-refractivity contribution in [3.8, 4) is 6.07 Å². The number of methoxy groups -OCH3 is 1. The number of esters is 1. The first-order valence-electron chi connectivity index (χ1n) is 5.63. The molecule has 1 amide bonds. The molecule has 0 fully saturated rings. The van der Waals surface area contributed by atoms with Gasteiger partial charge in [0.1, 0.15) is 6.07 Å². The molecule has 1 unspecified atom stereocenters. The van der Waals surface area contributed by atoms with Gasteiger partial charge in [-0.3, -0.25) is 4.79 Å². The Morgan fingerprint density at radius 2 is 2.05 bits per heavy atom. The summed E-state index contributed by atoms with van der Waals surface area (Å²) in [7, 11) is 0.926. The number of ether oxygens (including phenoxy) is 1. The number of carbonyl (C=O) groups excluding carboxylic acids is 2. The van der Waals surface area contributed by atoms with Crippen molar-refractivity contribution in [2.24, 2.45) is 0 Å². The summed E-state index contributed by atoms with van der Waals surface area (Å²) in [5, 5.41) is 20.1. The highest BCUT2D eigenvalue weighted by Gasteiger charge is 2.41. The van der Waals surface area contributed by atoms with Crippen LogP contribution in [0.3, 0.4) is 0 Å². The highest BCUT2D eigenvalue weighted by molar-refractivity contribution is 6.11. The van der Waals surface area contributed by atoms with Gasteiger partial charge in [-0.15, -0.1) is 0 Å². The molecule has 0 aliphatic heterocycles. The molecule has 0 aromatic carbocycles. The third-order valence-electron chi connectivity index (χ3n) is 2.58. The van der Waals surface area contributed by atoms with Gasteiger partial charge in [-0.25, -0.2) is 9.78 Å². The van der Waals surface area contributed by atoms with E-state index in [0.717, 1.165) is 20.2 Å². The van der Waals surface area contributed by atoms with E-state index in [-0.39, 0.29) is 0 Å². The normalized spacial score (nSPS) is 13.7. The predicted molar refractivity (Wildman–Crippen MR) is 65.2 cm³/mol. The highest BCUT2D eigenvalue weighted by atomic mass is 19.4. The van der Waals surface area contributed by atoms with Crippen LogP contribution in [-0.2, 0) is 20.5 Å². The largest absolute Gasteiger partial charge is 0.466 e. The van der Waals surface area contributed by atoms with Crippen LogP contribution in [0.5, 0.6) is 0 Å². The smallest absolute Gasteiger partial charge is 0.419 e. The maximum Gasteiger partial charge on any atom is 0.419 e. The standard InChI is InChI=1S/C12H10F3N3O4/c1-11(21,10(20)22-2)9(19)18-6-3-7(12(13,14)15)8(4-16)17-5-6/h3,5,21H,1-2H3,(H,18,19). The Morgan fingerprint density at radius 1 is 1.45 bits per heavy atom. The minimum Gasteiger partial charge on any atom is -0.466 e. The lowest BCUT2D eigenvalue weighted by Crippen LogP contribution is -2.47. The predicted octanol–water partition coefficient (Wildman–Crippen LogP) is 0.835. The summed E-state index contributed by atoms with van der Waals surface area (Å²) in [6.07, 6.45) is -4.07. The van der Waals surface area contributed by atoms with E-state index < -0.39 is 40.6 Å². The second-order valence-corrected chi connectivity index (χ2v) is 4.25. The van der Waals surface area contributed by atoms with Crippen LogP contribution in [0.15, 0.2) is 12.3 Å². The number of aliphatic hydroxyl groups is 1. The molecule has 10 heteroatoms. The number of rotatable bonds is 3. The second kappa shape index (κ2) is 5.98. The van der Waals surface area contributed by atoms with Gasteiger partial charge in [0.25, 0.3) is 5.91 Å². The summed E-state index contributed by atoms with van der Waals surface area (Å²) in [5.74, 6) is -2.60. The van der Waals surface area contributed by atoms with E-state index in [9.17, 15) is 27.9 Å². The van der Waals surface area contributed by atoms with Crippen LogP contribution >= 0.6 is 0 Å². The number of anilines is 1. The Balaban J connectivity index is 3.13. The average Bonchev–Trinajstić information content (AvgIpc) is 2.45. The van der Waals surface area contributed by atoms with E-state index in [0.29, 0.717) is 6.07 Å². The first kappa shape index (κ1) is 17.4.